The van der Waals surface area contributed by atoms with Gasteiger partial charge in [-0.25, -0.2) is 4.79 Å². The van der Waals surface area contributed by atoms with Crippen molar-refractivity contribution in [3.63, 3.8) is 0 Å². The van der Waals surface area contributed by atoms with Gasteiger partial charge in [0.15, 0.2) is 0 Å². The summed E-state index contributed by atoms with van der Waals surface area (Å²) in [7, 11) is 2.03. The number of imidazole rings is 1. The lowest BCUT2D eigenvalue weighted by atomic mass is 10.1. The third-order valence-corrected chi connectivity index (χ3v) is 6.43. The summed E-state index contributed by atoms with van der Waals surface area (Å²) in [5, 5.41) is 6.58. The number of carbonyl (C=O) groups excluding carboxylic acids is 1. The van der Waals surface area contributed by atoms with E-state index in [4.69, 9.17) is 5.14 Å². The number of aromatic nitrogens is 3. The standard InChI is InChI=1S/C24H29N5O2S/c1-4-8-18(13-22(30)26-32-25)29-20-11-6-5-10-19(20)28(24(29)31)15-17-14-27(3)21-12-7-9-16(2)23(17)21/h5-7,9-12,14,18H,4,8,13,15,25H2,1-3H3,(H,26,30)/t18-/m0/s1. The van der Waals surface area contributed by atoms with Crippen LogP contribution < -0.4 is 15.6 Å². The smallest absolute Gasteiger partial charge is 0.329 e. The highest BCUT2D eigenvalue weighted by Crippen LogP contribution is 2.27. The minimum absolute atomic E-state index is 0.0940. The van der Waals surface area contributed by atoms with Crippen molar-refractivity contribution < 1.29 is 4.79 Å². The predicted octanol–water partition coefficient (Wildman–Crippen LogP) is 4.02. The largest absolute Gasteiger partial charge is 0.350 e. The van der Waals surface area contributed by atoms with Crippen LogP contribution in [0.1, 0.15) is 43.4 Å². The fourth-order valence-electron chi connectivity index (χ4n) is 4.74. The van der Waals surface area contributed by atoms with Crippen LogP contribution in [0.5, 0.6) is 0 Å². The summed E-state index contributed by atoms with van der Waals surface area (Å²) in [6.07, 6.45) is 3.90. The quantitative estimate of drug-likeness (QED) is 0.396. The summed E-state index contributed by atoms with van der Waals surface area (Å²) in [6.45, 7) is 4.63. The van der Waals surface area contributed by atoms with Gasteiger partial charge in [-0.3, -0.25) is 23.8 Å². The molecule has 168 valence electrons. The van der Waals surface area contributed by atoms with E-state index in [1.54, 1.807) is 4.57 Å². The molecule has 1 atom stereocenters. The zero-order valence-electron chi connectivity index (χ0n) is 18.7. The van der Waals surface area contributed by atoms with E-state index in [2.05, 4.69) is 47.5 Å². The minimum Gasteiger partial charge on any atom is -0.350 e. The molecule has 2 aromatic carbocycles. The highest BCUT2D eigenvalue weighted by atomic mass is 32.2. The molecule has 0 unspecified atom stereocenters. The maximum Gasteiger partial charge on any atom is 0.329 e. The number of benzene rings is 2. The summed E-state index contributed by atoms with van der Waals surface area (Å²) >= 11 is 0.790. The molecule has 0 aliphatic rings. The lowest BCUT2D eigenvalue weighted by Gasteiger charge is -2.17. The van der Waals surface area contributed by atoms with Crippen molar-refractivity contribution in [2.24, 2.45) is 12.2 Å². The molecule has 0 bridgehead atoms. The van der Waals surface area contributed by atoms with Crippen LogP contribution in [0.25, 0.3) is 21.9 Å². The number of nitrogens with one attached hydrogen (secondary N) is 1. The van der Waals surface area contributed by atoms with Crippen molar-refractivity contribution in [1.82, 2.24) is 18.4 Å². The van der Waals surface area contributed by atoms with E-state index in [9.17, 15) is 9.59 Å². The third kappa shape index (κ3) is 3.96. The van der Waals surface area contributed by atoms with Crippen LogP contribution in [0.3, 0.4) is 0 Å². The second kappa shape index (κ2) is 9.26. The predicted molar refractivity (Wildman–Crippen MR) is 131 cm³/mol. The Morgan fingerprint density at radius 1 is 1.12 bits per heavy atom. The van der Waals surface area contributed by atoms with Gasteiger partial charge in [-0.1, -0.05) is 37.6 Å². The highest BCUT2D eigenvalue weighted by Gasteiger charge is 2.23. The van der Waals surface area contributed by atoms with Crippen LogP contribution in [0.2, 0.25) is 0 Å². The fraction of sp³-hybridized carbons (Fsp3) is 0.333. The molecule has 3 N–H and O–H groups in total. The van der Waals surface area contributed by atoms with E-state index in [1.807, 2.05) is 35.9 Å². The molecule has 0 aliphatic heterocycles. The van der Waals surface area contributed by atoms with Gasteiger partial charge in [-0.15, -0.1) is 0 Å². The molecule has 0 saturated carbocycles. The number of rotatable bonds is 8. The van der Waals surface area contributed by atoms with E-state index in [-0.39, 0.29) is 24.1 Å². The SMILES string of the molecule is CCC[C@@H](CC(=O)NSN)n1c(=O)n(Cc2cn(C)c3cccc(C)c23)c2ccccc21. The van der Waals surface area contributed by atoms with Gasteiger partial charge in [0.1, 0.15) is 0 Å². The number of carbonyl (C=O) groups is 1. The Bertz CT molecular complexity index is 1330. The Kier molecular flexibility index (Phi) is 6.43. The first-order valence-electron chi connectivity index (χ1n) is 10.8. The Balaban J connectivity index is 1.85. The van der Waals surface area contributed by atoms with Gasteiger partial charge in [-0.2, -0.15) is 0 Å². The maximum atomic E-state index is 13.7. The first-order valence-corrected chi connectivity index (χ1v) is 11.7. The number of hydrogen-bond donors (Lipinski definition) is 2. The second-order valence-electron chi connectivity index (χ2n) is 8.25. The lowest BCUT2D eigenvalue weighted by Crippen LogP contribution is -2.31. The zero-order valence-corrected chi connectivity index (χ0v) is 19.5. The summed E-state index contributed by atoms with van der Waals surface area (Å²) in [5.41, 5.74) is 5.07. The summed E-state index contributed by atoms with van der Waals surface area (Å²) in [6, 6.07) is 13.8. The minimum atomic E-state index is -0.236. The molecule has 0 aliphatic carbocycles. The first-order chi connectivity index (χ1) is 15.5. The van der Waals surface area contributed by atoms with Crippen molar-refractivity contribution in [2.75, 3.05) is 0 Å². The fourth-order valence-corrected chi connectivity index (χ4v) is 4.95. The molecule has 2 heterocycles. The monoisotopic (exact) mass is 451 g/mol. The number of para-hydroxylation sites is 2. The van der Waals surface area contributed by atoms with E-state index in [0.717, 1.165) is 47.1 Å². The Labute approximate surface area is 191 Å². The molecule has 2 aromatic heterocycles. The summed E-state index contributed by atoms with van der Waals surface area (Å²) < 4.78 is 8.30. The number of hydrogen-bond acceptors (Lipinski definition) is 4. The van der Waals surface area contributed by atoms with Crippen LogP contribution >= 0.6 is 12.1 Å². The van der Waals surface area contributed by atoms with E-state index < -0.39 is 0 Å². The number of aryl methyl sites for hydroxylation is 2. The van der Waals surface area contributed by atoms with Crippen molar-refractivity contribution >= 4 is 40.0 Å². The molecule has 0 saturated heterocycles. The molecule has 4 rings (SSSR count). The molecule has 4 aromatic rings. The third-order valence-electron chi connectivity index (χ3n) is 6.08. The summed E-state index contributed by atoms with van der Waals surface area (Å²) in [4.78, 5) is 26.0. The van der Waals surface area contributed by atoms with Crippen LogP contribution in [0.15, 0.2) is 53.5 Å². The van der Waals surface area contributed by atoms with Gasteiger partial charge in [-0.05, 0) is 42.7 Å². The van der Waals surface area contributed by atoms with Crippen LogP contribution in [-0.4, -0.2) is 19.6 Å². The van der Waals surface area contributed by atoms with Crippen molar-refractivity contribution in [3.8, 4) is 0 Å². The van der Waals surface area contributed by atoms with Gasteiger partial charge >= 0.3 is 5.69 Å². The first kappa shape index (κ1) is 22.2. The van der Waals surface area contributed by atoms with Crippen LogP contribution in [0.4, 0.5) is 0 Å². The highest BCUT2D eigenvalue weighted by molar-refractivity contribution is 7.95. The molecule has 8 heteroatoms. The van der Waals surface area contributed by atoms with Crippen molar-refractivity contribution in [3.05, 3.63) is 70.3 Å². The Hall–Kier alpha value is -2.97. The van der Waals surface area contributed by atoms with Gasteiger partial charge in [0.05, 0.1) is 17.6 Å². The molecule has 0 fully saturated rings. The molecular formula is C24H29N5O2S. The van der Waals surface area contributed by atoms with E-state index in [1.165, 1.54) is 10.9 Å². The van der Waals surface area contributed by atoms with Crippen molar-refractivity contribution in [1.29, 1.82) is 0 Å². The normalized spacial score (nSPS) is 12.5. The molecule has 0 spiro atoms. The number of fused-ring (bicyclic) bond motifs is 2. The Morgan fingerprint density at radius 2 is 1.84 bits per heavy atom. The molecule has 32 heavy (non-hydrogen) atoms. The summed E-state index contributed by atoms with van der Waals surface area (Å²) in [5.74, 6) is -0.177. The van der Waals surface area contributed by atoms with Gasteiger partial charge in [0.25, 0.3) is 0 Å². The Morgan fingerprint density at radius 3 is 2.56 bits per heavy atom. The van der Waals surface area contributed by atoms with E-state index in [0.29, 0.717) is 6.54 Å². The number of nitrogens with two attached hydrogens (primary N) is 1. The molecule has 0 radical (unpaired) electrons. The zero-order chi connectivity index (χ0) is 22.8. The van der Waals surface area contributed by atoms with Crippen LogP contribution in [0, 0.1) is 6.92 Å². The van der Waals surface area contributed by atoms with Gasteiger partial charge in [0.2, 0.25) is 5.91 Å². The van der Waals surface area contributed by atoms with E-state index >= 15 is 0 Å². The van der Waals surface area contributed by atoms with Crippen LogP contribution in [-0.2, 0) is 18.4 Å². The lowest BCUT2D eigenvalue weighted by molar-refractivity contribution is -0.120. The molecular weight excluding hydrogens is 422 g/mol. The molecule has 1 amide bonds. The van der Waals surface area contributed by atoms with Gasteiger partial charge < -0.3 is 4.57 Å². The topological polar surface area (TPSA) is 87.0 Å². The van der Waals surface area contributed by atoms with Gasteiger partial charge in [0, 0.05) is 48.7 Å². The number of amides is 1. The molecule has 7 nitrogen and oxygen atoms in total. The average molecular weight is 452 g/mol. The maximum absolute atomic E-state index is 13.7. The van der Waals surface area contributed by atoms with Crippen molar-refractivity contribution in [2.45, 2.75) is 45.7 Å². The average Bonchev–Trinajstić information content (AvgIpc) is 3.23. The number of nitrogens with zero attached hydrogens (tertiary/aromatic N) is 3. The second-order valence-corrected chi connectivity index (χ2v) is 8.69.